The van der Waals surface area contributed by atoms with Crippen molar-refractivity contribution in [1.29, 1.82) is 0 Å². The van der Waals surface area contributed by atoms with E-state index in [-0.39, 0.29) is 5.56 Å². The molecule has 0 spiro atoms. The number of aromatic amines is 2. The molecular formula is C26H24N6O. The Balaban J connectivity index is 1.40. The lowest BCUT2D eigenvalue weighted by atomic mass is 10.0. The topological polar surface area (TPSA) is 80.9 Å². The van der Waals surface area contributed by atoms with Crippen LogP contribution in [0.2, 0.25) is 0 Å². The van der Waals surface area contributed by atoms with Crippen LogP contribution < -0.4 is 10.5 Å². The number of piperazine rings is 1. The van der Waals surface area contributed by atoms with Gasteiger partial charge < -0.3 is 19.8 Å². The first-order chi connectivity index (χ1) is 16.2. The van der Waals surface area contributed by atoms with Crippen LogP contribution in [0.25, 0.3) is 44.5 Å². The Morgan fingerprint density at radius 3 is 2.64 bits per heavy atom. The van der Waals surface area contributed by atoms with Crippen LogP contribution in [0.3, 0.4) is 0 Å². The van der Waals surface area contributed by atoms with E-state index in [0.717, 1.165) is 59.2 Å². The zero-order valence-corrected chi connectivity index (χ0v) is 18.4. The Morgan fingerprint density at radius 1 is 0.909 bits per heavy atom. The van der Waals surface area contributed by atoms with Crippen molar-refractivity contribution in [3.8, 4) is 22.5 Å². The number of H-pyrrole nitrogens is 2. The van der Waals surface area contributed by atoms with Crippen LogP contribution in [0.15, 0.2) is 71.8 Å². The van der Waals surface area contributed by atoms with Gasteiger partial charge in [-0.05, 0) is 54.6 Å². The normalized spacial score (nSPS) is 14.9. The van der Waals surface area contributed by atoms with Gasteiger partial charge in [0, 0.05) is 49.6 Å². The second-order valence-corrected chi connectivity index (χ2v) is 8.58. The molecule has 164 valence electrons. The quantitative estimate of drug-likeness (QED) is 0.449. The number of hydrogen-bond donors (Lipinski definition) is 2. The van der Waals surface area contributed by atoms with Crippen molar-refractivity contribution in [2.45, 2.75) is 0 Å². The molecule has 5 aromatic rings. The van der Waals surface area contributed by atoms with Gasteiger partial charge in [-0.3, -0.25) is 9.78 Å². The fourth-order valence-corrected chi connectivity index (χ4v) is 4.55. The van der Waals surface area contributed by atoms with E-state index in [0.29, 0.717) is 11.4 Å². The molecule has 7 nitrogen and oxygen atoms in total. The van der Waals surface area contributed by atoms with Gasteiger partial charge in [0.15, 0.2) is 0 Å². The summed E-state index contributed by atoms with van der Waals surface area (Å²) in [5.74, 6) is 0.571. The molecule has 0 bridgehead atoms. The van der Waals surface area contributed by atoms with Gasteiger partial charge in [-0.25, -0.2) is 4.98 Å². The number of pyridine rings is 2. The lowest BCUT2D eigenvalue weighted by Crippen LogP contribution is -2.44. The molecule has 0 radical (unpaired) electrons. The molecular weight excluding hydrogens is 412 g/mol. The summed E-state index contributed by atoms with van der Waals surface area (Å²) in [5, 5.41) is 1.04. The van der Waals surface area contributed by atoms with E-state index in [4.69, 9.17) is 4.98 Å². The highest BCUT2D eigenvalue weighted by molar-refractivity contribution is 5.94. The van der Waals surface area contributed by atoms with Gasteiger partial charge >= 0.3 is 0 Å². The monoisotopic (exact) mass is 436 g/mol. The standard InChI is InChI=1S/C26H24N6O/c1-31-10-12-32(13-11-31)18-6-7-23-24(15-18)30-25(29-23)21-14-17(16-28-26(21)33)19-8-9-27-22-5-3-2-4-20(19)22/h2-9,14-16H,10-13H2,1H3,(H,28,33)(H,29,30). The van der Waals surface area contributed by atoms with Crippen LogP contribution in [0.1, 0.15) is 0 Å². The smallest absolute Gasteiger partial charge is 0.259 e. The highest BCUT2D eigenvalue weighted by Gasteiger charge is 2.16. The van der Waals surface area contributed by atoms with E-state index < -0.39 is 0 Å². The van der Waals surface area contributed by atoms with Gasteiger partial charge in [0.1, 0.15) is 5.82 Å². The Kier molecular flexibility index (Phi) is 4.69. The lowest BCUT2D eigenvalue weighted by Gasteiger charge is -2.34. The maximum Gasteiger partial charge on any atom is 0.259 e. The molecule has 0 atom stereocenters. The molecule has 33 heavy (non-hydrogen) atoms. The number of imidazole rings is 1. The summed E-state index contributed by atoms with van der Waals surface area (Å²) < 4.78 is 0. The summed E-state index contributed by atoms with van der Waals surface area (Å²) in [6, 6.07) is 18.1. The van der Waals surface area contributed by atoms with Crippen LogP contribution in [0.5, 0.6) is 0 Å². The van der Waals surface area contributed by atoms with Crippen LogP contribution in [0, 0.1) is 0 Å². The minimum atomic E-state index is -0.171. The SMILES string of the molecule is CN1CCN(c2ccc3nc(-c4cc(-c5ccnc6ccccc56)c[nH]c4=O)[nH]c3c2)CC1. The molecule has 0 unspecified atom stereocenters. The molecule has 1 aliphatic rings. The Labute approximate surface area is 190 Å². The van der Waals surface area contributed by atoms with E-state index in [2.05, 4.69) is 43.9 Å². The fraction of sp³-hybridized carbons (Fsp3) is 0.192. The molecule has 0 saturated carbocycles. The Morgan fingerprint density at radius 2 is 1.76 bits per heavy atom. The molecule has 1 aliphatic heterocycles. The summed E-state index contributed by atoms with van der Waals surface area (Å²) in [4.78, 5) is 32.9. The van der Waals surface area contributed by atoms with E-state index in [1.807, 2.05) is 42.5 Å². The molecule has 1 saturated heterocycles. The molecule has 4 heterocycles. The molecule has 2 aromatic carbocycles. The summed E-state index contributed by atoms with van der Waals surface area (Å²) in [6.07, 6.45) is 3.55. The largest absolute Gasteiger partial charge is 0.369 e. The van der Waals surface area contributed by atoms with E-state index in [9.17, 15) is 4.79 Å². The zero-order valence-electron chi connectivity index (χ0n) is 18.4. The number of anilines is 1. The maximum atomic E-state index is 12.7. The average molecular weight is 437 g/mol. The first-order valence-corrected chi connectivity index (χ1v) is 11.2. The van der Waals surface area contributed by atoms with E-state index in [1.165, 1.54) is 5.69 Å². The van der Waals surface area contributed by atoms with Gasteiger partial charge in [0.2, 0.25) is 0 Å². The van der Waals surface area contributed by atoms with Crippen molar-refractivity contribution in [3.05, 3.63) is 77.3 Å². The van der Waals surface area contributed by atoms with Gasteiger partial charge in [-0.2, -0.15) is 0 Å². The third-order valence-electron chi connectivity index (χ3n) is 6.45. The Bertz CT molecular complexity index is 1520. The van der Waals surface area contributed by atoms with Gasteiger partial charge in [-0.15, -0.1) is 0 Å². The molecule has 3 aromatic heterocycles. The maximum absolute atomic E-state index is 12.7. The molecule has 7 heteroatoms. The second kappa shape index (κ2) is 7.86. The zero-order chi connectivity index (χ0) is 22.4. The minimum absolute atomic E-state index is 0.171. The number of para-hydroxylation sites is 1. The predicted molar refractivity (Wildman–Crippen MR) is 133 cm³/mol. The minimum Gasteiger partial charge on any atom is -0.369 e. The number of fused-ring (bicyclic) bond motifs is 2. The van der Waals surface area contributed by atoms with E-state index >= 15 is 0 Å². The Hall–Kier alpha value is -3.97. The van der Waals surface area contributed by atoms with Crippen molar-refractivity contribution in [1.82, 2.24) is 24.8 Å². The van der Waals surface area contributed by atoms with Crippen LogP contribution in [-0.2, 0) is 0 Å². The van der Waals surface area contributed by atoms with Gasteiger partial charge in [0.05, 0.1) is 22.1 Å². The van der Waals surface area contributed by atoms with Gasteiger partial charge in [0.25, 0.3) is 5.56 Å². The van der Waals surface area contributed by atoms with Crippen molar-refractivity contribution < 1.29 is 0 Å². The molecule has 1 fully saturated rings. The number of rotatable bonds is 3. The number of likely N-dealkylation sites (N-methyl/N-ethyl adjacent to an activating group) is 1. The van der Waals surface area contributed by atoms with Crippen molar-refractivity contribution in [3.63, 3.8) is 0 Å². The first kappa shape index (κ1) is 19.7. The predicted octanol–water partition coefficient (Wildman–Crippen LogP) is 3.89. The molecule has 0 amide bonds. The molecule has 6 rings (SSSR count). The number of aromatic nitrogens is 4. The van der Waals surface area contributed by atoms with Crippen molar-refractivity contribution in [2.24, 2.45) is 0 Å². The second-order valence-electron chi connectivity index (χ2n) is 8.58. The van der Waals surface area contributed by atoms with Crippen LogP contribution in [0.4, 0.5) is 5.69 Å². The van der Waals surface area contributed by atoms with E-state index in [1.54, 1.807) is 12.4 Å². The highest BCUT2D eigenvalue weighted by Crippen LogP contribution is 2.29. The molecule has 0 aliphatic carbocycles. The number of nitrogens with zero attached hydrogens (tertiary/aromatic N) is 4. The third-order valence-corrected chi connectivity index (χ3v) is 6.45. The summed E-state index contributed by atoms with van der Waals surface area (Å²) in [6.45, 7) is 4.12. The summed E-state index contributed by atoms with van der Waals surface area (Å²) in [7, 11) is 2.15. The summed E-state index contributed by atoms with van der Waals surface area (Å²) >= 11 is 0. The summed E-state index contributed by atoms with van der Waals surface area (Å²) in [5.41, 5.74) is 6.16. The average Bonchev–Trinajstić information content (AvgIpc) is 3.28. The van der Waals surface area contributed by atoms with Crippen LogP contribution in [-0.4, -0.2) is 58.1 Å². The van der Waals surface area contributed by atoms with Crippen molar-refractivity contribution in [2.75, 3.05) is 38.1 Å². The van der Waals surface area contributed by atoms with Crippen LogP contribution >= 0.6 is 0 Å². The number of hydrogen-bond acceptors (Lipinski definition) is 5. The first-order valence-electron chi connectivity index (χ1n) is 11.2. The number of benzene rings is 2. The highest BCUT2D eigenvalue weighted by atomic mass is 16.1. The third kappa shape index (κ3) is 3.56. The van der Waals surface area contributed by atoms with Crippen molar-refractivity contribution >= 4 is 27.6 Å². The lowest BCUT2D eigenvalue weighted by molar-refractivity contribution is 0.313. The van der Waals surface area contributed by atoms with Gasteiger partial charge in [-0.1, -0.05) is 18.2 Å². The number of nitrogens with one attached hydrogen (secondary N) is 2. The fourth-order valence-electron chi connectivity index (χ4n) is 4.55. The molecule has 2 N–H and O–H groups in total.